The van der Waals surface area contributed by atoms with Gasteiger partial charge in [0, 0.05) is 12.5 Å². The van der Waals surface area contributed by atoms with Gasteiger partial charge in [0.05, 0.1) is 0 Å². The Kier molecular flexibility index (Phi) is 6.01. The summed E-state index contributed by atoms with van der Waals surface area (Å²) < 4.78 is 5.58. The van der Waals surface area contributed by atoms with Crippen LogP contribution in [0.3, 0.4) is 0 Å². The van der Waals surface area contributed by atoms with Crippen LogP contribution in [0.15, 0.2) is 0 Å². The van der Waals surface area contributed by atoms with Crippen LogP contribution in [0.25, 0.3) is 0 Å². The second-order valence-electron chi connectivity index (χ2n) is 3.90. The smallest absolute Gasteiger partial charge is 0.167 e. The molecule has 0 heterocycles. The molecule has 0 aromatic rings. The molecule has 1 unspecified atom stereocenters. The Morgan fingerprint density at radius 1 is 1.21 bits per heavy atom. The number of hydrogen-bond acceptors (Lipinski definition) is 2. The lowest BCUT2D eigenvalue weighted by atomic mass is 9.85. The van der Waals surface area contributed by atoms with Gasteiger partial charge < -0.3 is 4.74 Å². The predicted octanol–water partition coefficient (Wildman–Crippen LogP) is 3.20. The van der Waals surface area contributed by atoms with Crippen LogP contribution in [0, 0.1) is 5.92 Å². The zero-order valence-corrected chi connectivity index (χ0v) is 10.2. The molecular formula is C12H24O2. The molecule has 0 aliphatic rings. The quantitative estimate of drug-likeness (QED) is 0.631. The van der Waals surface area contributed by atoms with E-state index in [0.717, 1.165) is 19.3 Å². The van der Waals surface area contributed by atoms with Crippen LogP contribution in [-0.4, -0.2) is 18.0 Å². The largest absolute Gasteiger partial charge is 0.368 e. The maximum atomic E-state index is 12.1. The Labute approximate surface area is 88.0 Å². The van der Waals surface area contributed by atoms with Gasteiger partial charge >= 0.3 is 0 Å². The van der Waals surface area contributed by atoms with Crippen molar-refractivity contribution >= 4 is 5.78 Å². The predicted molar refractivity (Wildman–Crippen MR) is 59.4 cm³/mol. The van der Waals surface area contributed by atoms with Crippen LogP contribution in [0.5, 0.6) is 0 Å². The van der Waals surface area contributed by atoms with E-state index in [-0.39, 0.29) is 11.7 Å². The summed E-state index contributed by atoms with van der Waals surface area (Å²) in [6.07, 6.45) is 2.59. The van der Waals surface area contributed by atoms with Crippen LogP contribution in [-0.2, 0) is 9.53 Å². The molecule has 0 saturated carbocycles. The monoisotopic (exact) mass is 200 g/mol. The summed E-state index contributed by atoms with van der Waals surface area (Å²) in [4.78, 5) is 12.1. The minimum absolute atomic E-state index is 0.159. The topological polar surface area (TPSA) is 26.3 Å². The Morgan fingerprint density at radius 2 is 1.71 bits per heavy atom. The molecule has 0 N–H and O–H groups in total. The Morgan fingerprint density at radius 3 is 2.00 bits per heavy atom. The number of ether oxygens (including phenoxy) is 1. The van der Waals surface area contributed by atoms with Gasteiger partial charge in [-0.05, 0) is 33.1 Å². The van der Waals surface area contributed by atoms with Crippen molar-refractivity contribution in [2.45, 2.75) is 59.5 Å². The molecule has 0 aromatic heterocycles. The molecule has 0 aliphatic heterocycles. The lowest BCUT2D eigenvalue weighted by molar-refractivity contribution is -0.147. The van der Waals surface area contributed by atoms with Crippen LogP contribution >= 0.6 is 0 Å². The van der Waals surface area contributed by atoms with Crippen molar-refractivity contribution in [3.63, 3.8) is 0 Å². The van der Waals surface area contributed by atoms with Gasteiger partial charge in [-0.1, -0.05) is 20.8 Å². The first-order valence-electron chi connectivity index (χ1n) is 5.73. The van der Waals surface area contributed by atoms with Gasteiger partial charge in [0.25, 0.3) is 0 Å². The van der Waals surface area contributed by atoms with E-state index in [0.29, 0.717) is 6.61 Å². The molecule has 14 heavy (non-hydrogen) atoms. The van der Waals surface area contributed by atoms with E-state index in [1.54, 1.807) is 0 Å². The third-order valence-electron chi connectivity index (χ3n) is 3.02. The first kappa shape index (κ1) is 13.6. The third kappa shape index (κ3) is 3.09. The molecular weight excluding hydrogens is 176 g/mol. The van der Waals surface area contributed by atoms with E-state index in [4.69, 9.17) is 4.74 Å². The molecule has 0 fully saturated rings. The van der Waals surface area contributed by atoms with E-state index in [2.05, 4.69) is 13.8 Å². The van der Waals surface area contributed by atoms with Crippen LogP contribution in [0.2, 0.25) is 0 Å². The fourth-order valence-electron chi connectivity index (χ4n) is 1.76. The van der Waals surface area contributed by atoms with Crippen molar-refractivity contribution in [1.82, 2.24) is 0 Å². The summed E-state index contributed by atoms with van der Waals surface area (Å²) in [7, 11) is 0. The molecule has 0 amide bonds. The zero-order chi connectivity index (χ0) is 11.2. The van der Waals surface area contributed by atoms with Gasteiger partial charge in [-0.3, -0.25) is 4.79 Å². The molecule has 0 saturated heterocycles. The molecule has 2 nitrogen and oxygen atoms in total. The van der Waals surface area contributed by atoms with Gasteiger partial charge in [0.15, 0.2) is 5.78 Å². The summed E-state index contributed by atoms with van der Waals surface area (Å²) in [5.41, 5.74) is -0.564. The summed E-state index contributed by atoms with van der Waals surface area (Å²) in [6, 6.07) is 0. The van der Waals surface area contributed by atoms with E-state index < -0.39 is 5.60 Å². The Balaban J connectivity index is 4.58. The van der Waals surface area contributed by atoms with Crippen molar-refractivity contribution in [3.8, 4) is 0 Å². The Hall–Kier alpha value is -0.370. The van der Waals surface area contributed by atoms with Crippen molar-refractivity contribution in [2.75, 3.05) is 6.61 Å². The van der Waals surface area contributed by atoms with Crippen LogP contribution in [0.4, 0.5) is 0 Å². The summed E-state index contributed by atoms with van der Waals surface area (Å²) in [6.45, 7) is 10.6. The summed E-state index contributed by atoms with van der Waals surface area (Å²) in [5, 5.41) is 0. The highest BCUT2D eigenvalue weighted by Gasteiger charge is 2.35. The standard InChI is InChI=1S/C12H24O2/c1-6-10(7-2)11(13)12(5,8-3)14-9-4/h10H,6-9H2,1-5H3. The number of Topliss-reactive ketones (excluding diaryl/α,β-unsaturated/α-hetero) is 1. The molecule has 0 rings (SSSR count). The van der Waals surface area contributed by atoms with Gasteiger partial charge in [0.2, 0.25) is 0 Å². The number of hydrogen-bond donors (Lipinski definition) is 0. The fourth-order valence-corrected chi connectivity index (χ4v) is 1.76. The first-order chi connectivity index (χ1) is 6.55. The molecule has 0 bridgehead atoms. The number of ketones is 1. The highest BCUT2D eigenvalue weighted by atomic mass is 16.5. The average molecular weight is 200 g/mol. The molecule has 0 spiro atoms. The summed E-state index contributed by atoms with van der Waals surface area (Å²) >= 11 is 0. The second kappa shape index (κ2) is 6.18. The second-order valence-corrected chi connectivity index (χ2v) is 3.90. The minimum atomic E-state index is -0.564. The molecule has 0 aliphatic carbocycles. The van der Waals surface area contributed by atoms with Gasteiger partial charge in [-0.2, -0.15) is 0 Å². The van der Waals surface area contributed by atoms with Gasteiger partial charge in [-0.25, -0.2) is 0 Å². The highest BCUT2D eigenvalue weighted by molar-refractivity contribution is 5.88. The molecule has 0 radical (unpaired) electrons. The maximum Gasteiger partial charge on any atom is 0.167 e. The molecule has 1 atom stereocenters. The van der Waals surface area contributed by atoms with Crippen molar-refractivity contribution in [1.29, 1.82) is 0 Å². The number of carbonyl (C=O) groups excluding carboxylic acids is 1. The molecule has 84 valence electrons. The number of carbonyl (C=O) groups is 1. The minimum Gasteiger partial charge on any atom is -0.368 e. The van der Waals surface area contributed by atoms with E-state index >= 15 is 0 Å². The number of rotatable bonds is 7. The highest BCUT2D eigenvalue weighted by Crippen LogP contribution is 2.24. The maximum absolute atomic E-state index is 12.1. The summed E-state index contributed by atoms with van der Waals surface area (Å²) in [5.74, 6) is 0.429. The van der Waals surface area contributed by atoms with Gasteiger partial charge in [-0.15, -0.1) is 0 Å². The van der Waals surface area contributed by atoms with Crippen molar-refractivity contribution in [3.05, 3.63) is 0 Å². The van der Waals surface area contributed by atoms with E-state index in [9.17, 15) is 4.79 Å². The first-order valence-corrected chi connectivity index (χ1v) is 5.73. The average Bonchev–Trinajstić information content (AvgIpc) is 2.19. The lowest BCUT2D eigenvalue weighted by Crippen LogP contribution is -2.41. The third-order valence-corrected chi connectivity index (χ3v) is 3.02. The van der Waals surface area contributed by atoms with Crippen molar-refractivity contribution < 1.29 is 9.53 Å². The van der Waals surface area contributed by atoms with Crippen LogP contribution in [0.1, 0.15) is 53.9 Å². The SMILES string of the molecule is CCOC(C)(CC)C(=O)C(CC)CC. The Bertz CT molecular complexity index is 173. The zero-order valence-electron chi connectivity index (χ0n) is 10.2. The van der Waals surface area contributed by atoms with Crippen LogP contribution < -0.4 is 0 Å². The van der Waals surface area contributed by atoms with Gasteiger partial charge in [0.1, 0.15) is 5.60 Å². The molecule has 2 heteroatoms. The van der Waals surface area contributed by atoms with E-state index in [1.807, 2.05) is 20.8 Å². The normalized spacial score (nSPS) is 15.6. The molecule has 0 aromatic carbocycles. The lowest BCUT2D eigenvalue weighted by Gasteiger charge is -2.30. The van der Waals surface area contributed by atoms with Crippen molar-refractivity contribution in [2.24, 2.45) is 5.92 Å². The van der Waals surface area contributed by atoms with E-state index in [1.165, 1.54) is 0 Å². The fraction of sp³-hybridized carbons (Fsp3) is 0.917.